The Balaban J connectivity index is 2.00. The second-order valence-corrected chi connectivity index (χ2v) is 4.31. The Hall–Kier alpha value is -1.95. The van der Waals surface area contributed by atoms with Crippen LogP contribution in [-0.2, 0) is 20.7 Å². The number of carboxylic acid groups (broad SMARTS) is 1. The van der Waals surface area contributed by atoms with Crippen LogP contribution in [0.5, 0.6) is 0 Å². The van der Waals surface area contributed by atoms with Crippen molar-refractivity contribution in [2.24, 2.45) is 0 Å². The molecule has 0 saturated carbocycles. The number of morpholine rings is 1. The van der Waals surface area contributed by atoms with Crippen LogP contribution >= 0.6 is 0 Å². The van der Waals surface area contributed by atoms with E-state index in [4.69, 9.17) is 9.84 Å². The Morgan fingerprint density at radius 3 is 2.84 bits per heavy atom. The van der Waals surface area contributed by atoms with E-state index in [0.29, 0.717) is 12.1 Å². The minimum atomic E-state index is -1.09. The molecule has 1 fully saturated rings. The van der Waals surface area contributed by atoms with E-state index in [0.717, 1.165) is 0 Å². The van der Waals surface area contributed by atoms with Crippen LogP contribution in [0, 0.1) is 5.82 Å². The van der Waals surface area contributed by atoms with Crippen molar-refractivity contribution < 1.29 is 23.8 Å². The molecule has 5 nitrogen and oxygen atoms in total. The number of amides is 1. The summed E-state index contributed by atoms with van der Waals surface area (Å²) in [5.74, 6) is -1.82. The summed E-state index contributed by atoms with van der Waals surface area (Å²) in [7, 11) is 0. The first-order valence-corrected chi connectivity index (χ1v) is 5.93. The Morgan fingerprint density at radius 1 is 1.42 bits per heavy atom. The molecule has 2 rings (SSSR count). The van der Waals surface area contributed by atoms with Crippen molar-refractivity contribution in [3.8, 4) is 0 Å². The van der Waals surface area contributed by atoms with E-state index < -0.39 is 17.9 Å². The fourth-order valence-corrected chi connectivity index (χ4v) is 1.94. The van der Waals surface area contributed by atoms with Crippen LogP contribution in [0.25, 0.3) is 0 Å². The molecule has 0 aromatic heterocycles. The van der Waals surface area contributed by atoms with E-state index in [9.17, 15) is 14.0 Å². The van der Waals surface area contributed by atoms with E-state index >= 15 is 0 Å². The van der Waals surface area contributed by atoms with Crippen molar-refractivity contribution in [3.05, 3.63) is 35.6 Å². The van der Waals surface area contributed by atoms with Gasteiger partial charge >= 0.3 is 5.97 Å². The van der Waals surface area contributed by atoms with Gasteiger partial charge in [-0.15, -0.1) is 0 Å². The first kappa shape index (κ1) is 13.5. The SMILES string of the molecule is O=C(O)C1CN(C(=O)Cc2ccccc2F)CCO1. The summed E-state index contributed by atoms with van der Waals surface area (Å²) in [4.78, 5) is 24.2. The monoisotopic (exact) mass is 267 g/mol. The average Bonchev–Trinajstić information content (AvgIpc) is 2.41. The summed E-state index contributed by atoms with van der Waals surface area (Å²) in [6.07, 6.45) is -1.07. The van der Waals surface area contributed by atoms with Crippen molar-refractivity contribution in [1.29, 1.82) is 0 Å². The lowest BCUT2D eigenvalue weighted by Crippen LogP contribution is -2.49. The number of rotatable bonds is 3. The molecule has 102 valence electrons. The van der Waals surface area contributed by atoms with Gasteiger partial charge in [0.15, 0.2) is 6.10 Å². The Kier molecular flexibility index (Phi) is 4.11. The van der Waals surface area contributed by atoms with E-state index in [1.165, 1.54) is 11.0 Å². The van der Waals surface area contributed by atoms with E-state index in [2.05, 4.69) is 0 Å². The Morgan fingerprint density at radius 2 is 2.16 bits per heavy atom. The molecule has 19 heavy (non-hydrogen) atoms. The third-order valence-electron chi connectivity index (χ3n) is 2.99. The van der Waals surface area contributed by atoms with Crippen LogP contribution in [0.15, 0.2) is 24.3 Å². The second-order valence-electron chi connectivity index (χ2n) is 4.31. The molecule has 1 aromatic rings. The number of hydrogen-bond donors (Lipinski definition) is 1. The van der Waals surface area contributed by atoms with Crippen molar-refractivity contribution in [1.82, 2.24) is 4.90 Å². The predicted molar refractivity (Wildman–Crippen MR) is 64.1 cm³/mol. The third kappa shape index (κ3) is 3.29. The molecule has 1 aromatic carbocycles. The van der Waals surface area contributed by atoms with Gasteiger partial charge in [-0.05, 0) is 11.6 Å². The zero-order valence-corrected chi connectivity index (χ0v) is 10.2. The molecule has 1 unspecified atom stereocenters. The van der Waals surface area contributed by atoms with Gasteiger partial charge in [0.2, 0.25) is 5.91 Å². The van der Waals surface area contributed by atoms with Gasteiger partial charge in [0, 0.05) is 6.54 Å². The van der Waals surface area contributed by atoms with Crippen LogP contribution in [0.1, 0.15) is 5.56 Å². The molecule has 1 saturated heterocycles. The first-order chi connectivity index (χ1) is 9.08. The summed E-state index contributed by atoms with van der Waals surface area (Å²) in [6.45, 7) is 0.514. The van der Waals surface area contributed by atoms with E-state index in [-0.39, 0.29) is 25.5 Å². The normalized spacial score (nSPS) is 19.2. The predicted octanol–water partition coefficient (Wildman–Crippen LogP) is 0.680. The van der Waals surface area contributed by atoms with Gasteiger partial charge in [-0.1, -0.05) is 18.2 Å². The Bertz CT molecular complexity index is 491. The number of carbonyl (C=O) groups is 2. The maximum atomic E-state index is 13.4. The highest BCUT2D eigenvalue weighted by atomic mass is 19.1. The molecule has 0 bridgehead atoms. The smallest absolute Gasteiger partial charge is 0.334 e. The van der Waals surface area contributed by atoms with E-state index in [1.807, 2.05) is 0 Å². The highest BCUT2D eigenvalue weighted by Crippen LogP contribution is 2.11. The second kappa shape index (κ2) is 5.79. The molecule has 0 aliphatic carbocycles. The van der Waals surface area contributed by atoms with Gasteiger partial charge in [-0.2, -0.15) is 0 Å². The van der Waals surface area contributed by atoms with Crippen molar-refractivity contribution >= 4 is 11.9 Å². The molecule has 6 heteroatoms. The van der Waals surface area contributed by atoms with Gasteiger partial charge in [0.05, 0.1) is 19.6 Å². The maximum Gasteiger partial charge on any atom is 0.334 e. The number of carbonyl (C=O) groups excluding carboxylic acids is 1. The van der Waals surface area contributed by atoms with Gasteiger partial charge < -0.3 is 14.7 Å². The summed E-state index contributed by atoms with van der Waals surface area (Å²) < 4.78 is 18.5. The molecule has 0 radical (unpaired) electrons. The lowest BCUT2D eigenvalue weighted by atomic mass is 10.1. The molecular weight excluding hydrogens is 253 g/mol. The summed E-state index contributed by atoms with van der Waals surface area (Å²) in [6, 6.07) is 6.05. The summed E-state index contributed by atoms with van der Waals surface area (Å²) in [5.41, 5.74) is 0.311. The van der Waals surface area contributed by atoms with Crippen molar-refractivity contribution in [3.63, 3.8) is 0 Å². The first-order valence-electron chi connectivity index (χ1n) is 5.93. The molecule has 1 atom stereocenters. The minimum Gasteiger partial charge on any atom is -0.479 e. The highest BCUT2D eigenvalue weighted by molar-refractivity contribution is 5.80. The van der Waals surface area contributed by atoms with Gasteiger partial charge in [-0.3, -0.25) is 4.79 Å². The van der Waals surface area contributed by atoms with E-state index in [1.54, 1.807) is 18.2 Å². The number of aliphatic carboxylic acids is 1. The zero-order valence-electron chi connectivity index (χ0n) is 10.2. The molecular formula is C13H14FNO4. The van der Waals surface area contributed by atoms with Gasteiger partial charge in [-0.25, -0.2) is 9.18 Å². The topological polar surface area (TPSA) is 66.8 Å². The number of carboxylic acids is 1. The van der Waals surface area contributed by atoms with Crippen LogP contribution in [0.4, 0.5) is 4.39 Å². The number of halogens is 1. The maximum absolute atomic E-state index is 13.4. The molecule has 1 aliphatic heterocycles. The van der Waals surface area contributed by atoms with Crippen LogP contribution in [-0.4, -0.2) is 47.7 Å². The Labute approximate surface area is 109 Å². The van der Waals surface area contributed by atoms with Gasteiger partial charge in [0.1, 0.15) is 5.82 Å². The van der Waals surface area contributed by atoms with Crippen molar-refractivity contribution in [2.45, 2.75) is 12.5 Å². The quantitative estimate of drug-likeness (QED) is 0.874. The number of nitrogens with zero attached hydrogens (tertiary/aromatic N) is 1. The largest absolute Gasteiger partial charge is 0.479 e. The number of benzene rings is 1. The van der Waals surface area contributed by atoms with Crippen LogP contribution < -0.4 is 0 Å². The minimum absolute atomic E-state index is 0.00260. The average molecular weight is 267 g/mol. The highest BCUT2D eigenvalue weighted by Gasteiger charge is 2.29. The lowest BCUT2D eigenvalue weighted by Gasteiger charge is -2.31. The lowest BCUT2D eigenvalue weighted by molar-refractivity contribution is -0.159. The molecule has 1 aliphatic rings. The molecule has 1 heterocycles. The van der Waals surface area contributed by atoms with Crippen LogP contribution in [0.2, 0.25) is 0 Å². The zero-order chi connectivity index (χ0) is 13.8. The number of ether oxygens (including phenoxy) is 1. The fourth-order valence-electron chi connectivity index (χ4n) is 1.94. The molecule has 1 N–H and O–H groups in total. The number of hydrogen-bond acceptors (Lipinski definition) is 3. The molecule has 1 amide bonds. The summed E-state index contributed by atoms with van der Waals surface area (Å²) in [5, 5.41) is 8.85. The molecule has 0 spiro atoms. The van der Waals surface area contributed by atoms with Gasteiger partial charge in [0.25, 0.3) is 0 Å². The van der Waals surface area contributed by atoms with Crippen LogP contribution in [0.3, 0.4) is 0 Å². The third-order valence-corrected chi connectivity index (χ3v) is 2.99. The van der Waals surface area contributed by atoms with Crippen molar-refractivity contribution in [2.75, 3.05) is 19.7 Å². The fraction of sp³-hybridized carbons (Fsp3) is 0.385. The standard InChI is InChI=1S/C13H14FNO4/c14-10-4-2-1-3-9(10)7-12(16)15-5-6-19-11(8-15)13(17)18/h1-4,11H,5-8H2,(H,17,18). The summed E-state index contributed by atoms with van der Waals surface area (Å²) >= 11 is 0.